The van der Waals surface area contributed by atoms with Crippen LogP contribution in [0.3, 0.4) is 0 Å². The molecule has 0 aliphatic carbocycles. The number of hydrogen-bond donors (Lipinski definition) is 2. The summed E-state index contributed by atoms with van der Waals surface area (Å²) in [5, 5.41) is 12.2. The van der Waals surface area contributed by atoms with Gasteiger partial charge < -0.3 is 15.2 Å². The number of benzene rings is 1. The van der Waals surface area contributed by atoms with Crippen LogP contribution in [0.2, 0.25) is 0 Å². The van der Waals surface area contributed by atoms with Gasteiger partial charge in [0.1, 0.15) is 5.75 Å². The minimum Gasteiger partial charge on any atom is -0.497 e. The van der Waals surface area contributed by atoms with Crippen molar-refractivity contribution in [2.24, 2.45) is 0 Å². The summed E-state index contributed by atoms with van der Waals surface area (Å²) >= 11 is 0. The van der Waals surface area contributed by atoms with Gasteiger partial charge in [0.15, 0.2) is 0 Å². The van der Waals surface area contributed by atoms with E-state index in [0.29, 0.717) is 0 Å². The van der Waals surface area contributed by atoms with Crippen LogP contribution in [0.1, 0.15) is 17.2 Å². The Morgan fingerprint density at radius 3 is 2.64 bits per heavy atom. The summed E-state index contributed by atoms with van der Waals surface area (Å²) in [7, 11) is 3.49. The first-order valence-corrected chi connectivity index (χ1v) is 4.65. The Kier molecular flexibility index (Phi) is 3.92. The van der Waals surface area contributed by atoms with Crippen LogP contribution in [0.5, 0.6) is 5.75 Å². The van der Waals surface area contributed by atoms with Crippen molar-refractivity contribution in [2.75, 3.05) is 20.8 Å². The minimum absolute atomic E-state index is 0.000839. The Hall–Kier alpha value is -1.06. The van der Waals surface area contributed by atoms with E-state index in [1.165, 1.54) is 0 Å². The Morgan fingerprint density at radius 1 is 1.50 bits per heavy atom. The summed E-state index contributed by atoms with van der Waals surface area (Å²) in [6.45, 7) is 2.11. The normalized spacial score (nSPS) is 12.6. The molecule has 1 aromatic rings. The van der Waals surface area contributed by atoms with Gasteiger partial charge in [-0.1, -0.05) is 6.07 Å². The molecule has 78 valence electrons. The van der Waals surface area contributed by atoms with Crippen molar-refractivity contribution >= 4 is 0 Å². The number of rotatable bonds is 4. The summed E-state index contributed by atoms with van der Waals surface area (Å²) in [5.74, 6) is 0.846. The SMILES string of the molecule is CN[C@H](CO)c1ccc(OC)cc1C. The van der Waals surface area contributed by atoms with Crippen molar-refractivity contribution in [2.45, 2.75) is 13.0 Å². The summed E-state index contributed by atoms with van der Waals surface area (Å²) < 4.78 is 5.11. The molecule has 1 aromatic carbocycles. The fourth-order valence-corrected chi connectivity index (χ4v) is 1.51. The summed E-state index contributed by atoms with van der Waals surface area (Å²) in [5.41, 5.74) is 2.23. The van der Waals surface area contributed by atoms with Gasteiger partial charge in [0.05, 0.1) is 19.8 Å². The standard InChI is InChI=1S/C11H17NO2/c1-8-6-9(14-3)4-5-10(8)11(7-13)12-2/h4-6,11-13H,7H2,1-3H3/t11-/m1/s1. The van der Waals surface area contributed by atoms with E-state index in [4.69, 9.17) is 9.84 Å². The maximum absolute atomic E-state index is 9.14. The monoisotopic (exact) mass is 195 g/mol. The maximum atomic E-state index is 9.14. The van der Waals surface area contributed by atoms with Crippen LogP contribution in [0.4, 0.5) is 0 Å². The van der Waals surface area contributed by atoms with Crippen LogP contribution >= 0.6 is 0 Å². The van der Waals surface area contributed by atoms with E-state index in [-0.39, 0.29) is 12.6 Å². The number of ether oxygens (including phenoxy) is 1. The highest BCUT2D eigenvalue weighted by molar-refractivity contribution is 5.36. The predicted molar refractivity (Wildman–Crippen MR) is 56.6 cm³/mol. The van der Waals surface area contributed by atoms with E-state index in [2.05, 4.69) is 5.32 Å². The average molecular weight is 195 g/mol. The zero-order chi connectivity index (χ0) is 10.6. The van der Waals surface area contributed by atoms with Gasteiger partial charge >= 0.3 is 0 Å². The number of hydrogen-bond acceptors (Lipinski definition) is 3. The van der Waals surface area contributed by atoms with Crippen molar-refractivity contribution in [1.29, 1.82) is 0 Å². The highest BCUT2D eigenvalue weighted by atomic mass is 16.5. The molecule has 0 spiro atoms. The number of likely N-dealkylation sites (N-methyl/N-ethyl adjacent to an activating group) is 1. The number of nitrogens with one attached hydrogen (secondary N) is 1. The lowest BCUT2D eigenvalue weighted by atomic mass is 10.0. The Labute approximate surface area is 84.7 Å². The van der Waals surface area contributed by atoms with E-state index in [9.17, 15) is 0 Å². The maximum Gasteiger partial charge on any atom is 0.119 e. The van der Waals surface area contributed by atoms with Gasteiger partial charge in [-0.25, -0.2) is 0 Å². The van der Waals surface area contributed by atoms with Gasteiger partial charge in [-0.3, -0.25) is 0 Å². The second-order valence-electron chi connectivity index (χ2n) is 3.25. The second kappa shape index (κ2) is 4.98. The van der Waals surface area contributed by atoms with Crippen LogP contribution in [0.15, 0.2) is 18.2 Å². The van der Waals surface area contributed by atoms with Gasteiger partial charge in [-0.2, -0.15) is 0 Å². The first kappa shape index (κ1) is 11.0. The molecule has 0 aliphatic rings. The van der Waals surface area contributed by atoms with Crippen LogP contribution in [-0.4, -0.2) is 25.9 Å². The van der Waals surface area contributed by atoms with Gasteiger partial charge in [-0.15, -0.1) is 0 Å². The molecule has 2 N–H and O–H groups in total. The predicted octanol–water partition coefficient (Wildman–Crippen LogP) is 1.26. The fraction of sp³-hybridized carbons (Fsp3) is 0.455. The van der Waals surface area contributed by atoms with Gasteiger partial charge in [-0.05, 0) is 37.2 Å². The van der Waals surface area contributed by atoms with E-state index in [0.717, 1.165) is 16.9 Å². The average Bonchev–Trinajstić information content (AvgIpc) is 2.22. The van der Waals surface area contributed by atoms with E-state index < -0.39 is 0 Å². The van der Waals surface area contributed by atoms with Crippen molar-refractivity contribution in [3.8, 4) is 5.75 Å². The highest BCUT2D eigenvalue weighted by Gasteiger charge is 2.10. The number of aliphatic hydroxyl groups excluding tert-OH is 1. The molecule has 0 radical (unpaired) electrons. The third-order valence-corrected chi connectivity index (χ3v) is 2.38. The molecular weight excluding hydrogens is 178 g/mol. The lowest BCUT2D eigenvalue weighted by molar-refractivity contribution is 0.250. The molecule has 3 nitrogen and oxygen atoms in total. The van der Waals surface area contributed by atoms with E-state index in [1.54, 1.807) is 7.11 Å². The third kappa shape index (κ3) is 2.25. The highest BCUT2D eigenvalue weighted by Crippen LogP contribution is 2.21. The molecule has 3 heteroatoms. The van der Waals surface area contributed by atoms with Crippen molar-refractivity contribution < 1.29 is 9.84 Å². The van der Waals surface area contributed by atoms with E-state index in [1.807, 2.05) is 32.2 Å². The topological polar surface area (TPSA) is 41.5 Å². The third-order valence-electron chi connectivity index (χ3n) is 2.38. The van der Waals surface area contributed by atoms with E-state index >= 15 is 0 Å². The molecule has 14 heavy (non-hydrogen) atoms. The van der Waals surface area contributed by atoms with Crippen LogP contribution in [0.25, 0.3) is 0 Å². The molecule has 0 saturated heterocycles. The van der Waals surface area contributed by atoms with Crippen molar-refractivity contribution in [1.82, 2.24) is 5.32 Å². The van der Waals surface area contributed by atoms with Gasteiger partial charge in [0.2, 0.25) is 0 Å². The summed E-state index contributed by atoms with van der Waals surface area (Å²) in [4.78, 5) is 0. The lowest BCUT2D eigenvalue weighted by Crippen LogP contribution is -2.20. The molecule has 1 rings (SSSR count). The smallest absolute Gasteiger partial charge is 0.119 e. The molecule has 0 fully saturated rings. The number of aryl methyl sites for hydroxylation is 1. The minimum atomic E-state index is 0.000839. The van der Waals surface area contributed by atoms with Gasteiger partial charge in [0.25, 0.3) is 0 Å². The molecule has 1 atom stereocenters. The number of aliphatic hydroxyl groups is 1. The molecular formula is C11H17NO2. The Bertz CT molecular complexity index is 295. The molecule has 0 aliphatic heterocycles. The second-order valence-corrected chi connectivity index (χ2v) is 3.25. The molecule has 0 heterocycles. The van der Waals surface area contributed by atoms with Crippen molar-refractivity contribution in [3.05, 3.63) is 29.3 Å². The fourth-order valence-electron chi connectivity index (χ4n) is 1.51. The van der Waals surface area contributed by atoms with Crippen LogP contribution in [0, 0.1) is 6.92 Å². The largest absolute Gasteiger partial charge is 0.497 e. The number of methoxy groups -OCH3 is 1. The Morgan fingerprint density at radius 2 is 2.21 bits per heavy atom. The van der Waals surface area contributed by atoms with Crippen LogP contribution in [-0.2, 0) is 0 Å². The Balaban J connectivity index is 2.98. The lowest BCUT2D eigenvalue weighted by Gasteiger charge is -2.16. The van der Waals surface area contributed by atoms with Crippen molar-refractivity contribution in [3.63, 3.8) is 0 Å². The first-order valence-electron chi connectivity index (χ1n) is 4.65. The summed E-state index contributed by atoms with van der Waals surface area (Å²) in [6, 6.07) is 5.85. The van der Waals surface area contributed by atoms with Gasteiger partial charge in [0, 0.05) is 0 Å². The molecule has 0 saturated carbocycles. The van der Waals surface area contributed by atoms with Crippen LogP contribution < -0.4 is 10.1 Å². The zero-order valence-corrected chi connectivity index (χ0v) is 8.87. The first-order chi connectivity index (χ1) is 6.72. The summed E-state index contributed by atoms with van der Waals surface area (Å²) in [6.07, 6.45) is 0. The molecule has 0 bridgehead atoms. The molecule has 0 unspecified atom stereocenters. The quantitative estimate of drug-likeness (QED) is 0.760. The molecule has 0 amide bonds. The zero-order valence-electron chi connectivity index (χ0n) is 8.87. The molecule has 0 aromatic heterocycles.